The van der Waals surface area contributed by atoms with E-state index in [1.54, 1.807) is 0 Å². The van der Waals surface area contributed by atoms with Crippen molar-refractivity contribution in [3.05, 3.63) is 64.5 Å². The number of hydrogen-bond donors (Lipinski definition) is 1. The van der Waals surface area contributed by atoms with Crippen LogP contribution >= 0.6 is 22.7 Å². The average molecular weight is 368 g/mol. The number of anilines is 1. The lowest BCUT2D eigenvalue weighted by atomic mass is 10.3. The number of carbonyl (C=O) groups is 1. The van der Waals surface area contributed by atoms with E-state index in [4.69, 9.17) is 0 Å². The zero-order valence-electron chi connectivity index (χ0n) is 12.9. The van der Waals surface area contributed by atoms with Crippen molar-refractivity contribution in [1.29, 1.82) is 0 Å². The highest BCUT2D eigenvalue weighted by molar-refractivity contribution is 7.22. The average Bonchev–Trinajstić information content (AvgIpc) is 3.25. The van der Waals surface area contributed by atoms with Gasteiger partial charge in [0.05, 0.1) is 27.1 Å². The molecule has 0 atom stereocenters. The predicted molar refractivity (Wildman–Crippen MR) is 100 cm³/mol. The van der Waals surface area contributed by atoms with E-state index in [1.807, 2.05) is 41.8 Å². The molecule has 0 aliphatic rings. The summed E-state index contributed by atoms with van der Waals surface area (Å²) < 4.78 is 2.27. The summed E-state index contributed by atoms with van der Waals surface area (Å²) in [5.74, 6) is -0.313. The van der Waals surface area contributed by atoms with Gasteiger partial charge in [-0.1, -0.05) is 29.5 Å². The number of rotatable bonds is 4. The second-order valence-corrected chi connectivity index (χ2v) is 7.23. The first-order valence-corrected chi connectivity index (χ1v) is 9.14. The first-order chi connectivity index (χ1) is 12.2. The van der Waals surface area contributed by atoms with Crippen molar-refractivity contribution in [2.75, 3.05) is 5.32 Å². The minimum absolute atomic E-state index is 0.105. The Hall–Kier alpha value is -2.84. The van der Waals surface area contributed by atoms with Crippen molar-refractivity contribution in [2.45, 2.75) is 6.54 Å². The smallest absolute Gasteiger partial charge is 0.254 e. The quantitative estimate of drug-likeness (QED) is 0.600. The first kappa shape index (κ1) is 15.7. The van der Waals surface area contributed by atoms with Crippen molar-refractivity contribution in [1.82, 2.24) is 14.5 Å². The summed E-state index contributed by atoms with van der Waals surface area (Å²) in [6.07, 6.45) is 1.40. The summed E-state index contributed by atoms with van der Waals surface area (Å²) in [5, 5.41) is 5.17. The largest absolute Gasteiger partial charge is 0.300 e. The Morgan fingerprint density at radius 3 is 2.84 bits per heavy atom. The zero-order valence-corrected chi connectivity index (χ0v) is 14.5. The molecule has 0 bridgehead atoms. The summed E-state index contributed by atoms with van der Waals surface area (Å²) in [4.78, 5) is 33.9. The maximum atomic E-state index is 12.2. The van der Waals surface area contributed by atoms with Gasteiger partial charge in [-0.3, -0.25) is 14.2 Å². The Morgan fingerprint density at radius 2 is 2.08 bits per heavy atom. The number of carbonyl (C=O) groups excluding carboxylic acids is 1. The normalized spacial score (nSPS) is 10.9. The molecule has 0 unspecified atom stereocenters. The molecule has 0 saturated heterocycles. The molecule has 0 radical (unpaired) electrons. The standard InChI is InChI=1S/C17H12N4O2S2/c22-15(20-17-19-11-4-1-2-5-14(11)25-17)9-21-10-18-12(8-16(21)23)13-6-3-7-24-13/h1-8,10H,9H2,(H,19,20,22). The number of fused-ring (bicyclic) bond motifs is 1. The molecule has 6 nitrogen and oxygen atoms in total. The molecule has 8 heteroatoms. The van der Waals surface area contributed by atoms with Crippen LogP contribution in [0.1, 0.15) is 0 Å². The van der Waals surface area contributed by atoms with Gasteiger partial charge in [0.2, 0.25) is 5.91 Å². The first-order valence-electron chi connectivity index (χ1n) is 7.45. The molecule has 3 heterocycles. The van der Waals surface area contributed by atoms with E-state index >= 15 is 0 Å². The van der Waals surface area contributed by atoms with E-state index in [0.717, 1.165) is 15.1 Å². The summed E-state index contributed by atoms with van der Waals surface area (Å²) in [6, 6.07) is 12.9. The molecule has 0 saturated carbocycles. The maximum absolute atomic E-state index is 12.2. The molecule has 1 N–H and O–H groups in total. The van der Waals surface area contributed by atoms with Crippen molar-refractivity contribution in [3.8, 4) is 10.6 Å². The van der Waals surface area contributed by atoms with Crippen LogP contribution in [0.3, 0.4) is 0 Å². The molecule has 0 spiro atoms. The molecular formula is C17H12N4O2S2. The van der Waals surface area contributed by atoms with Crippen molar-refractivity contribution in [2.24, 2.45) is 0 Å². The number of thiophene rings is 1. The summed E-state index contributed by atoms with van der Waals surface area (Å²) >= 11 is 2.91. The van der Waals surface area contributed by atoms with Crippen LogP contribution in [0, 0.1) is 0 Å². The van der Waals surface area contributed by atoms with Gasteiger partial charge in [0.25, 0.3) is 5.56 Å². The monoisotopic (exact) mass is 368 g/mol. The van der Waals surface area contributed by atoms with Crippen molar-refractivity contribution < 1.29 is 4.79 Å². The highest BCUT2D eigenvalue weighted by Gasteiger charge is 2.10. The lowest BCUT2D eigenvalue weighted by Gasteiger charge is -2.05. The van der Waals surface area contributed by atoms with E-state index < -0.39 is 0 Å². The van der Waals surface area contributed by atoms with Gasteiger partial charge in [-0.15, -0.1) is 11.3 Å². The molecule has 1 amide bonds. The lowest BCUT2D eigenvalue weighted by Crippen LogP contribution is -2.27. The highest BCUT2D eigenvalue weighted by Crippen LogP contribution is 2.25. The summed E-state index contributed by atoms with van der Waals surface area (Å²) in [5.41, 5.74) is 1.18. The van der Waals surface area contributed by atoms with E-state index in [9.17, 15) is 9.59 Å². The van der Waals surface area contributed by atoms with E-state index in [-0.39, 0.29) is 18.0 Å². The van der Waals surface area contributed by atoms with Crippen LogP contribution < -0.4 is 10.9 Å². The van der Waals surface area contributed by atoms with Crippen LogP contribution in [0.25, 0.3) is 20.8 Å². The Labute approximate surface area is 150 Å². The van der Waals surface area contributed by atoms with E-state index in [2.05, 4.69) is 15.3 Å². The summed E-state index contributed by atoms with van der Waals surface area (Å²) in [6.45, 7) is -0.105. The second-order valence-electron chi connectivity index (χ2n) is 5.25. The van der Waals surface area contributed by atoms with Gasteiger partial charge in [0.1, 0.15) is 6.54 Å². The third kappa shape index (κ3) is 3.35. The molecule has 25 heavy (non-hydrogen) atoms. The minimum Gasteiger partial charge on any atom is -0.300 e. The Morgan fingerprint density at radius 1 is 1.20 bits per heavy atom. The fraction of sp³-hybridized carbons (Fsp3) is 0.0588. The molecular weight excluding hydrogens is 356 g/mol. The van der Waals surface area contributed by atoms with Crippen LogP contribution in [0.2, 0.25) is 0 Å². The van der Waals surface area contributed by atoms with Gasteiger partial charge < -0.3 is 5.32 Å². The van der Waals surface area contributed by atoms with Crippen molar-refractivity contribution >= 4 is 43.9 Å². The van der Waals surface area contributed by atoms with Crippen LogP contribution in [-0.4, -0.2) is 20.4 Å². The van der Waals surface area contributed by atoms with Gasteiger partial charge in [-0.05, 0) is 23.6 Å². The lowest BCUT2D eigenvalue weighted by molar-refractivity contribution is -0.116. The number of nitrogens with zero attached hydrogens (tertiary/aromatic N) is 3. The topological polar surface area (TPSA) is 76.9 Å². The molecule has 3 aromatic heterocycles. The van der Waals surface area contributed by atoms with Crippen LogP contribution in [0.15, 0.2) is 59.0 Å². The van der Waals surface area contributed by atoms with Crippen LogP contribution in [0.4, 0.5) is 5.13 Å². The maximum Gasteiger partial charge on any atom is 0.254 e. The van der Waals surface area contributed by atoms with Crippen LogP contribution in [-0.2, 0) is 11.3 Å². The molecule has 1 aromatic carbocycles. The van der Waals surface area contributed by atoms with Gasteiger partial charge >= 0.3 is 0 Å². The minimum atomic E-state index is -0.313. The Bertz CT molecular complexity index is 1070. The highest BCUT2D eigenvalue weighted by atomic mass is 32.1. The summed E-state index contributed by atoms with van der Waals surface area (Å²) in [7, 11) is 0. The molecule has 0 aliphatic heterocycles. The number of aromatic nitrogens is 3. The second kappa shape index (κ2) is 6.58. The third-order valence-corrected chi connectivity index (χ3v) is 5.35. The number of nitrogens with one attached hydrogen (secondary N) is 1. The van der Waals surface area contributed by atoms with Gasteiger partial charge in [-0.25, -0.2) is 9.97 Å². The fourth-order valence-electron chi connectivity index (χ4n) is 2.34. The number of para-hydroxylation sites is 1. The zero-order chi connectivity index (χ0) is 17.2. The predicted octanol–water partition coefficient (Wildman–Crippen LogP) is 3.22. The number of amides is 1. The van der Waals surface area contributed by atoms with Gasteiger partial charge in [0.15, 0.2) is 5.13 Å². The van der Waals surface area contributed by atoms with Crippen LogP contribution in [0.5, 0.6) is 0 Å². The number of benzene rings is 1. The fourth-order valence-corrected chi connectivity index (χ4v) is 3.92. The Kier molecular flexibility index (Phi) is 4.12. The number of hydrogen-bond acceptors (Lipinski definition) is 6. The molecule has 4 rings (SSSR count). The molecule has 0 aliphatic carbocycles. The molecule has 4 aromatic rings. The van der Waals surface area contributed by atoms with Gasteiger partial charge in [0, 0.05) is 6.07 Å². The van der Waals surface area contributed by atoms with E-state index in [0.29, 0.717) is 10.8 Å². The molecule has 124 valence electrons. The molecule has 0 fully saturated rings. The van der Waals surface area contributed by atoms with E-state index in [1.165, 1.54) is 39.6 Å². The van der Waals surface area contributed by atoms with Gasteiger partial charge in [-0.2, -0.15) is 0 Å². The SMILES string of the molecule is O=C(Cn1cnc(-c2cccs2)cc1=O)Nc1nc2ccccc2s1. The number of thiazole rings is 1. The van der Waals surface area contributed by atoms with Crippen molar-refractivity contribution in [3.63, 3.8) is 0 Å². The Balaban J connectivity index is 1.49. The third-order valence-electron chi connectivity index (χ3n) is 3.51.